The number of nitrogens with one attached hydrogen (secondary N) is 2. The maximum atomic E-state index is 12.9. The molecule has 29 heavy (non-hydrogen) atoms. The number of nitrogens with zero attached hydrogens (tertiary/aromatic N) is 1. The normalized spacial score (nSPS) is 14.4. The average Bonchev–Trinajstić information content (AvgIpc) is 2.64. The summed E-state index contributed by atoms with van der Waals surface area (Å²) in [6.07, 6.45) is 0. The zero-order valence-corrected chi connectivity index (χ0v) is 17.7. The number of rotatable bonds is 6. The molecule has 2 N–H and O–H groups in total. The minimum absolute atomic E-state index is 0. The summed E-state index contributed by atoms with van der Waals surface area (Å²) in [5.74, 6) is -0.215. The fourth-order valence-electron chi connectivity index (χ4n) is 3.11. The van der Waals surface area contributed by atoms with Crippen molar-refractivity contribution in [2.75, 3.05) is 35.8 Å². The number of anilines is 2. The predicted octanol–water partition coefficient (Wildman–Crippen LogP) is 3.54. The van der Waals surface area contributed by atoms with Crippen LogP contribution in [0, 0.1) is 13.8 Å². The first-order valence-electron chi connectivity index (χ1n) is 8.91. The van der Waals surface area contributed by atoms with Crippen molar-refractivity contribution in [3.05, 3.63) is 47.5 Å². The summed E-state index contributed by atoms with van der Waals surface area (Å²) in [6.45, 7) is 3.79. The number of alkyl halides is 2. The third-order valence-electron chi connectivity index (χ3n) is 4.55. The van der Waals surface area contributed by atoms with E-state index in [-0.39, 0.29) is 28.7 Å². The number of ether oxygens (including phenoxy) is 1. The van der Waals surface area contributed by atoms with Crippen LogP contribution in [0.3, 0.4) is 0 Å². The summed E-state index contributed by atoms with van der Waals surface area (Å²) in [6, 6.07) is 9.27. The molecule has 0 spiro atoms. The van der Waals surface area contributed by atoms with Crippen molar-refractivity contribution in [1.29, 1.82) is 0 Å². The lowest BCUT2D eigenvalue weighted by Gasteiger charge is -2.31. The Hall–Kier alpha value is -2.10. The van der Waals surface area contributed by atoms with E-state index in [9.17, 15) is 17.2 Å². The van der Waals surface area contributed by atoms with E-state index in [4.69, 9.17) is 0 Å². The van der Waals surface area contributed by atoms with E-state index in [1.807, 2.05) is 6.92 Å². The number of hydrogen-bond acceptors (Lipinski definition) is 5. The second-order valence-corrected chi connectivity index (χ2v) is 8.35. The van der Waals surface area contributed by atoms with Gasteiger partial charge in [0.05, 0.1) is 10.6 Å². The van der Waals surface area contributed by atoms with Crippen molar-refractivity contribution in [2.45, 2.75) is 25.4 Å². The molecule has 160 valence electrons. The van der Waals surface area contributed by atoms with Crippen molar-refractivity contribution in [3.63, 3.8) is 0 Å². The Bertz CT molecular complexity index is 952. The summed E-state index contributed by atoms with van der Waals surface area (Å²) in [5.41, 5.74) is 2.46. The molecule has 1 fully saturated rings. The highest BCUT2D eigenvalue weighted by Crippen LogP contribution is 2.31. The van der Waals surface area contributed by atoms with Gasteiger partial charge in [-0.15, -0.1) is 12.4 Å². The Morgan fingerprint density at radius 2 is 1.79 bits per heavy atom. The van der Waals surface area contributed by atoms with Crippen molar-refractivity contribution in [2.24, 2.45) is 0 Å². The molecule has 2 aromatic carbocycles. The van der Waals surface area contributed by atoms with Crippen LogP contribution in [0.2, 0.25) is 0 Å². The summed E-state index contributed by atoms with van der Waals surface area (Å²) in [7, 11) is -3.98. The van der Waals surface area contributed by atoms with Gasteiger partial charge in [0.25, 0.3) is 10.0 Å². The van der Waals surface area contributed by atoms with Crippen LogP contribution < -0.4 is 19.7 Å². The van der Waals surface area contributed by atoms with Gasteiger partial charge in [-0.05, 0) is 49.2 Å². The lowest BCUT2D eigenvalue weighted by molar-refractivity contribution is -0.0493. The number of halogens is 3. The first-order valence-corrected chi connectivity index (χ1v) is 10.4. The van der Waals surface area contributed by atoms with Gasteiger partial charge in [-0.1, -0.05) is 12.1 Å². The molecule has 0 amide bonds. The predicted molar refractivity (Wildman–Crippen MR) is 112 cm³/mol. The monoisotopic (exact) mass is 447 g/mol. The van der Waals surface area contributed by atoms with E-state index in [0.717, 1.165) is 37.4 Å². The number of benzene rings is 2. The van der Waals surface area contributed by atoms with Crippen LogP contribution in [0.5, 0.6) is 5.75 Å². The van der Waals surface area contributed by atoms with Gasteiger partial charge < -0.3 is 15.0 Å². The van der Waals surface area contributed by atoms with E-state index >= 15 is 0 Å². The zero-order valence-electron chi connectivity index (χ0n) is 16.1. The molecule has 0 aliphatic carbocycles. The second kappa shape index (κ2) is 9.60. The Morgan fingerprint density at radius 1 is 1.10 bits per heavy atom. The van der Waals surface area contributed by atoms with E-state index < -0.39 is 16.6 Å². The minimum Gasteiger partial charge on any atom is -0.433 e. The summed E-state index contributed by atoms with van der Waals surface area (Å²) in [4.78, 5) is 2.19. The Morgan fingerprint density at radius 3 is 2.45 bits per heavy atom. The molecule has 0 saturated carbocycles. The zero-order chi connectivity index (χ0) is 20.3. The molecule has 1 heterocycles. The molecule has 0 unspecified atom stereocenters. The van der Waals surface area contributed by atoms with Gasteiger partial charge in [0.2, 0.25) is 0 Å². The smallest absolute Gasteiger partial charge is 0.387 e. The number of piperazine rings is 1. The van der Waals surface area contributed by atoms with E-state index in [2.05, 4.69) is 19.7 Å². The fraction of sp³-hybridized carbons (Fsp3) is 0.368. The third-order valence-corrected chi connectivity index (χ3v) is 5.91. The molecule has 0 bridgehead atoms. The summed E-state index contributed by atoms with van der Waals surface area (Å²) < 4.78 is 58.0. The highest BCUT2D eigenvalue weighted by Gasteiger charge is 2.21. The summed E-state index contributed by atoms with van der Waals surface area (Å²) >= 11 is 0. The lowest BCUT2D eigenvalue weighted by Crippen LogP contribution is -2.43. The quantitative estimate of drug-likeness (QED) is 0.708. The third kappa shape index (κ3) is 5.71. The second-order valence-electron chi connectivity index (χ2n) is 6.67. The van der Waals surface area contributed by atoms with Gasteiger partial charge >= 0.3 is 6.61 Å². The van der Waals surface area contributed by atoms with Crippen LogP contribution in [0.25, 0.3) is 0 Å². The van der Waals surface area contributed by atoms with Crippen molar-refractivity contribution >= 4 is 33.8 Å². The molecule has 2 aromatic rings. The number of hydrogen-bond donors (Lipinski definition) is 2. The molecule has 0 atom stereocenters. The molecule has 0 radical (unpaired) electrons. The fourth-order valence-corrected chi connectivity index (χ4v) is 4.20. The number of sulfonamides is 1. The highest BCUT2D eigenvalue weighted by atomic mass is 35.5. The first-order chi connectivity index (χ1) is 13.3. The maximum absolute atomic E-state index is 12.9. The average molecular weight is 448 g/mol. The summed E-state index contributed by atoms with van der Waals surface area (Å²) in [5, 5.41) is 3.26. The molecule has 10 heteroatoms. The van der Waals surface area contributed by atoms with E-state index in [1.165, 1.54) is 18.2 Å². The van der Waals surface area contributed by atoms with Crippen LogP contribution in [0.1, 0.15) is 11.1 Å². The van der Waals surface area contributed by atoms with Crippen LogP contribution in [-0.4, -0.2) is 41.2 Å². The van der Waals surface area contributed by atoms with Crippen molar-refractivity contribution < 1.29 is 21.9 Å². The molecule has 1 aliphatic rings. The Labute approximate surface area is 175 Å². The van der Waals surface area contributed by atoms with Gasteiger partial charge in [-0.3, -0.25) is 4.72 Å². The van der Waals surface area contributed by atoms with Crippen molar-refractivity contribution in [3.8, 4) is 5.75 Å². The van der Waals surface area contributed by atoms with Crippen LogP contribution in [-0.2, 0) is 10.0 Å². The molecule has 6 nitrogen and oxygen atoms in total. The first kappa shape index (κ1) is 23.2. The largest absolute Gasteiger partial charge is 0.433 e. The molecular weight excluding hydrogens is 424 g/mol. The molecular formula is C19H24ClF2N3O3S. The van der Waals surface area contributed by atoms with Gasteiger partial charge in [0.15, 0.2) is 0 Å². The topological polar surface area (TPSA) is 70.7 Å². The van der Waals surface area contributed by atoms with Crippen molar-refractivity contribution in [1.82, 2.24) is 5.32 Å². The standard InChI is InChI=1S/C19H23F2N3O3S.ClH/c1-13-3-6-16(18(11-13)27-19(20)21)23-28(25,26)15-5-4-14(2)17(12-15)24-9-7-22-8-10-24;/h3-6,11-12,19,22-23H,7-10H2,1-2H3;1H. The van der Waals surface area contributed by atoms with Gasteiger partial charge in [-0.2, -0.15) is 8.78 Å². The lowest BCUT2D eigenvalue weighted by atomic mass is 10.1. The van der Waals surface area contributed by atoms with Gasteiger partial charge in [0, 0.05) is 31.9 Å². The molecule has 1 saturated heterocycles. The van der Waals surface area contributed by atoms with Gasteiger partial charge in [-0.25, -0.2) is 8.42 Å². The maximum Gasteiger partial charge on any atom is 0.387 e. The van der Waals surface area contributed by atoms with Crippen LogP contribution in [0.15, 0.2) is 41.3 Å². The highest BCUT2D eigenvalue weighted by molar-refractivity contribution is 7.92. The molecule has 0 aromatic heterocycles. The van der Waals surface area contributed by atoms with Crippen LogP contribution >= 0.6 is 12.4 Å². The minimum atomic E-state index is -3.98. The Kier molecular flexibility index (Phi) is 7.67. The SMILES string of the molecule is Cc1ccc(NS(=O)(=O)c2ccc(C)c(N3CCNCC3)c2)c(OC(F)F)c1.Cl. The molecule has 3 rings (SSSR count). The van der Waals surface area contributed by atoms with Gasteiger partial charge in [0.1, 0.15) is 5.75 Å². The van der Waals surface area contributed by atoms with E-state index in [1.54, 1.807) is 25.1 Å². The van der Waals surface area contributed by atoms with E-state index in [0.29, 0.717) is 5.56 Å². The number of aryl methyl sites for hydroxylation is 2. The Balaban J connectivity index is 0.00000300. The molecule has 1 aliphatic heterocycles. The van der Waals surface area contributed by atoms with Crippen LogP contribution in [0.4, 0.5) is 20.2 Å².